The fourth-order valence-electron chi connectivity index (χ4n) is 3.47. The van der Waals surface area contributed by atoms with E-state index in [-0.39, 0.29) is 11.9 Å². The molecule has 5 nitrogen and oxygen atoms in total. The van der Waals surface area contributed by atoms with E-state index in [1.165, 1.54) is 7.11 Å². The summed E-state index contributed by atoms with van der Waals surface area (Å²) in [5.41, 5.74) is 3.16. The van der Waals surface area contributed by atoms with Gasteiger partial charge in [0.15, 0.2) is 0 Å². The summed E-state index contributed by atoms with van der Waals surface area (Å²) in [6.07, 6.45) is 5.35. The third-order valence-corrected chi connectivity index (χ3v) is 4.65. The predicted molar refractivity (Wildman–Crippen MR) is 98.7 cm³/mol. The van der Waals surface area contributed by atoms with Gasteiger partial charge in [0.2, 0.25) is 0 Å². The summed E-state index contributed by atoms with van der Waals surface area (Å²) in [6.45, 7) is 0.330. The molecule has 1 atom stereocenters. The van der Waals surface area contributed by atoms with E-state index in [4.69, 9.17) is 4.74 Å². The highest BCUT2D eigenvalue weighted by Gasteiger charge is 2.41. The summed E-state index contributed by atoms with van der Waals surface area (Å²) in [4.78, 5) is 28.8. The number of anilines is 2. The molecule has 2 aromatic rings. The van der Waals surface area contributed by atoms with Crippen LogP contribution in [0.1, 0.15) is 11.6 Å². The predicted octanol–water partition coefficient (Wildman–Crippen LogP) is 3.33. The first kappa shape index (κ1) is 16.1. The second kappa shape index (κ2) is 6.52. The number of benzene rings is 2. The molecule has 0 saturated carbocycles. The van der Waals surface area contributed by atoms with Gasteiger partial charge in [-0.2, -0.15) is 0 Å². The Morgan fingerprint density at radius 2 is 1.81 bits per heavy atom. The standard InChI is InChI=1S/C21H18N2O3/c1-26-21(25)15-8-7-13-22(14-15)19-17-11-5-6-12-18(17)23(20(19)24)16-9-3-2-4-10-16/h2-13,19H,14H2,1H3. The van der Waals surface area contributed by atoms with Crippen LogP contribution in [-0.4, -0.2) is 30.4 Å². The smallest absolute Gasteiger partial charge is 0.335 e. The lowest BCUT2D eigenvalue weighted by Crippen LogP contribution is -2.36. The van der Waals surface area contributed by atoms with Crippen molar-refractivity contribution >= 4 is 23.3 Å². The van der Waals surface area contributed by atoms with E-state index in [0.717, 1.165) is 16.9 Å². The van der Waals surface area contributed by atoms with Crippen molar-refractivity contribution in [1.82, 2.24) is 4.90 Å². The van der Waals surface area contributed by atoms with Gasteiger partial charge in [0.25, 0.3) is 5.91 Å². The van der Waals surface area contributed by atoms with Gasteiger partial charge in [-0.05, 0) is 30.4 Å². The van der Waals surface area contributed by atoms with Gasteiger partial charge in [-0.3, -0.25) is 9.69 Å². The van der Waals surface area contributed by atoms with Gasteiger partial charge in [0, 0.05) is 17.5 Å². The van der Waals surface area contributed by atoms with Crippen LogP contribution in [0.15, 0.2) is 78.5 Å². The fraction of sp³-hybridized carbons (Fsp3) is 0.143. The van der Waals surface area contributed by atoms with Gasteiger partial charge in [-0.25, -0.2) is 4.79 Å². The van der Waals surface area contributed by atoms with Crippen LogP contribution in [0.4, 0.5) is 11.4 Å². The van der Waals surface area contributed by atoms with Gasteiger partial charge >= 0.3 is 5.97 Å². The molecular weight excluding hydrogens is 328 g/mol. The monoisotopic (exact) mass is 346 g/mol. The lowest BCUT2D eigenvalue weighted by atomic mass is 10.0. The Morgan fingerprint density at radius 3 is 2.58 bits per heavy atom. The van der Waals surface area contributed by atoms with Crippen LogP contribution < -0.4 is 4.90 Å². The fourth-order valence-corrected chi connectivity index (χ4v) is 3.47. The molecule has 2 heterocycles. The summed E-state index contributed by atoms with van der Waals surface area (Å²) in [5.74, 6) is -0.411. The van der Waals surface area contributed by atoms with Gasteiger partial charge in [-0.1, -0.05) is 36.4 Å². The van der Waals surface area contributed by atoms with E-state index in [1.54, 1.807) is 17.1 Å². The van der Waals surface area contributed by atoms with E-state index in [1.807, 2.05) is 65.7 Å². The Bertz CT molecular complexity index is 918. The van der Waals surface area contributed by atoms with E-state index in [9.17, 15) is 9.59 Å². The summed E-state index contributed by atoms with van der Waals surface area (Å²) < 4.78 is 4.82. The zero-order valence-electron chi connectivity index (χ0n) is 14.3. The minimum Gasteiger partial charge on any atom is -0.466 e. The molecule has 0 fully saturated rings. The van der Waals surface area contributed by atoms with Gasteiger partial charge < -0.3 is 9.64 Å². The van der Waals surface area contributed by atoms with Crippen molar-refractivity contribution in [1.29, 1.82) is 0 Å². The number of esters is 1. The first-order valence-corrected chi connectivity index (χ1v) is 8.40. The molecule has 0 saturated heterocycles. The van der Waals surface area contributed by atoms with Gasteiger partial charge in [0.05, 0.1) is 24.9 Å². The van der Waals surface area contributed by atoms with E-state index in [2.05, 4.69) is 0 Å². The molecule has 2 aromatic carbocycles. The van der Waals surface area contributed by atoms with Crippen molar-refractivity contribution in [3.05, 3.63) is 84.1 Å². The Hall–Kier alpha value is -3.34. The summed E-state index contributed by atoms with van der Waals surface area (Å²) in [6, 6.07) is 16.9. The van der Waals surface area contributed by atoms with Crippen LogP contribution in [0.25, 0.3) is 0 Å². The highest BCUT2D eigenvalue weighted by molar-refractivity contribution is 6.10. The molecular formula is C21H18N2O3. The number of carbonyl (C=O) groups excluding carboxylic acids is 2. The van der Waals surface area contributed by atoms with Crippen LogP contribution in [0.2, 0.25) is 0 Å². The average Bonchev–Trinajstić information content (AvgIpc) is 3.00. The molecule has 2 aliphatic rings. The van der Waals surface area contributed by atoms with Crippen molar-refractivity contribution in [2.75, 3.05) is 18.6 Å². The molecule has 0 aliphatic carbocycles. The zero-order valence-corrected chi connectivity index (χ0v) is 14.3. The third-order valence-electron chi connectivity index (χ3n) is 4.65. The molecule has 26 heavy (non-hydrogen) atoms. The van der Waals surface area contributed by atoms with Crippen LogP contribution in [0.3, 0.4) is 0 Å². The maximum atomic E-state index is 13.3. The number of amides is 1. The van der Waals surface area contributed by atoms with Crippen LogP contribution in [-0.2, 0) is 14.3 Å². The summed E-state index contributed by atoms with van der Waals surface area (Å²) >= 11 is 0. The number of para-hydroxylation sites is 2. The number of nitrogens with zero attached hydrogens (tertiary/aromatic N) is 2. The van der Waals surface area contributed by atoms with Crippen molar-refractivity contribution in [3.63, 3.8) is 0 Å². The van der Waals surface area contributed by atoms with Crippen LogP contribution in [0.5, 0.6) is 0 Å². The number of methoxy groups -OCH3 is 1. The summed E-state index contributed by atoms with van der Waals surface area (Å²) in [5, 5.41) is 0. The van der Waals surface area contributed by atoms with Gasteiger partial charge in [-0.15, -0.1) is 0 Å². The first-order valence-electron chi connectivity index (χ1n) is 8.40. The third kappa shape index (κ3) is 2.58. The number of hydrogen-bond acceptors (Lipinski definition) is 4. The number of rotatable bonds is 3. The maximum absolute atomic E-state index is 13.3. The maximum Gasteiger partial charge on any atom is 0.335 e. The molecule has 0 spiro atoms. The molecule has 130 valence electrons. The second-order valence-electron chi connectivity index (χ2n) is 6.17. The number of ether oxygens (including phenoxy) is 1. The Kier molecular flexibility index (Phi) is 4.05. The van der Waals surface area contributed by atoms with E-state index in [0.29, 0.717) is 12.1 Å². The highest BCUT2D eigenvalue weighted by atomic mass is 16.5. The lowest BCUT2D eigenvalue weighted by Gasteiger charge is -2.29. The molecule has 1 unspecified atom stereocenters. The largest absolute Gasteiger partial charge is 0.466 e. The average molecular weight is 346 g/mol. The molecule has 2 aliphatic heterocycles. The molecule has 0 bridgehead atoms. The lowest BCUT2D eigenvalue weighted by molar-refractivity contribution is -0.136. The highest BCUT2D eigenvalue weighted by Crippen LogP contribution is 2.43. The number of carbonyl (C=O) groups is 2. The number of hydrogen-bond donors (Lipinski definition) is 0. The first-order chi connectivity index (χ1) is 12.7. The topological polar surface area (TPSA) is 49.9 Å². The van der Waals surface area contributed by atoms with Crippen molar-refractivity contribution in [2.24, 2.45) is 0 Å². The second-order valence-corrected chi connectivity index (χ2v) is 6.17. The molecule has 0 N–H and O–H groups in total. The molecule has 5 heteroatoms. The Morgan fingerprint density at radius 1 is 1.08 bits per heavy atom. The minimum absolute atomic E-state index is 0.0341. The number of allylic oxidation sites excluding steroid dienone is 2. The summed E-state index contributed by atoms with van der Waals surface area (Å²) in [7, 11) is 1.36. The van der Waals surface area contributed by atoms with Crippen LogP contribution >= 0.6 is 0 Å². The van der Waals surface area contributed by atoms with E-state index >= 15 is 0 Å². The minimum atomic E-state index is -0.476. The van der Waals surface area contributed by atoms with E-state index < -0.39 is 6.04 Å². The van der Waals surface area contributed by atoms with Gasteiger partial charge in [0.1, 0.15) is 6.04 Å². The molecule has 1 amide bonds. The van der Waals surface area contributed by atoms with Crippen molar-refractivity contribution in [2.45, 2.75) is 6.04 Å². The quantitative estimate of drug-likeness (QED) is 0.800. The molecule has 0 aromatic heterocycles. The zero-order chi connectivity index (χ0) is 18.1. The molecule has 0 radical (unpaired) electrons. The molecule has 4 rings (SSSR count). The van der Waals surface area contributed by atoms with Crippen molar-refractivity contribution < 1.29 is 14.3 Å². The Balaban J connectivity index is 1.72. The normalized spacial score (nSPS) is 18.6. The van der Waals surface area contributed by atoms with Crippen molar-refractivity contribution in [3.8, 4) is 0 Å². The number of fused-ring (bicyclic) bond motifs is 1. The Labute approximate surface area is 151 Å². The van der Waals surface area contributed by atoms with Crippen LogP contribution in [0, 0.1) is 0 Å². The SMILES string of the molecule is COC(=O)C1=CC=CN(C2C(=O)N(c3ccccc3)c3ccccc32)C1.